The molecule has 1 unspecified atom stereocenters. The standard InChI is InChI=1S/C17H27N3S/c1-17(11-7-13-21-17)14-20-16(18-2)19-12-6-10-15-8-4-3-5-9-15/h3-5,8-9H,6-7,10-14H2,1-2H3,(H2,18,19,20). The molecule has 4 heteroatoms. The van der Waals surface area contributed by atoms with E-state index in [4.69, 9.17) is 0 Å². The molecule has 1 fully saturated rings. The van der Waals surface area contributed by atoms with Crippen LogP contribution in [0.1, 0.15) is 31.7 Å². The molecule has 1 aliphatic rings. The van der Waals surface area contributed by atoms with E-state index >= 15 is 0 Å². The first-order chi connectivity index (χ1) is 10.2. The highest BCUT2D eigenvalue weighted by atomic mass is 32.2. The van der Waals surface area contributed by atoms with Gasteiger partial charge in [0, 0.05) is 24.9 Å². The van der Waals surface area contributed by atoms with Crippen molar-refractivity contribution >= 4 is 17.7 Å². The average Bonchev–Trinajstić information content (AvgIpc) is 2.95. The van der Waals surface area contributed by atoms with Gasteiger partial charge in [0.05, 0.1) is 0 Å². The number of guanidine groups is 1. The Balaban J connectivity index is 1.64. The van der Waals surface area contributed by atoms with E-state index in [2.05, 4.69) is 64.6 Å². The highest BCUT2D eigenvalue weighted by molar-refractivity contribution is 8.00. The Kier molecular flexibility index (Phi) is 6.43. The first kappa shape index (κ1) is 16.2. The topological polar surface area (TPSA) is 36.4 Å². The number of aliphatic imine (C=N–C) groups is 1. The molecule has 0 saturated carbocycles. The number of nitrogens with zero attached hydrogens (tertiary/aromatic N) is 1. The summed E-state index contributed by atoms with van der Waals surface area (Å²) in [7, 11) is 1.84. The van der Waals surface area contributed by atoms with E-state index in [1.165, 1.54) is 24.2 Å². The maximum absolute atomic E-state index is 4.31. The Labute approximate surface area is 133 Å². The van der Waals surface area contributed by atoms with Crippen LogP contribution in [0, 0.1) is 0 Å². The third-order valence-corrected chi connectivity index (χ3v) is 5.47. The predicted molar refractivity (Wildman–Crippen MR) is 94.2 cm³/mol. The number of thioether (sulfide) groups is 1. The lowest BCUT2D eigenvalue weighted by Gasteiger charge is -2.24. The molecule has 0 amide bonds. The first-order valence-corrected chi connectivity index (χ1v) is 8.83. The van der Waals surface area contributed by atoms with Crippen LogP contribution in [0.15, 0.2) is 35.3 Å². The lowest BCUT2D eigenvalue weighted by Crippen LogP contribution is -2.43. The summed E-state index contributed by atoms with van der Waals surface area (Å²) in [5, 5.41) is 6.88. The van der Waals surface area contributed by atoms with Gasteiger partial charge < -0.3 is 10.6 Å². The van der Waals surface area contributed by atoms with Gasteiger partial charge in [-0.05, 0) is 43.9 Å². The molecule has 1 saturated heterocycles. The van der Waals surface area contributed by atoms with Crippen LogP contribution < -0.4 is 10.6 Å². The number of hydrogen-bond donors (Lipinski definition) is 2. The van der Waals surface area contributed by atoms with E-state index in [1.807, 2.05) is 7.05 Å². The number of benzene rings is 1. The third kappa shape index (κ3) is 5.62. The summed E-state index contributed by atoms with van der Waals surface area (Å²) >= 11 is 2.08. The van der Waals surface area contributed by atoms with Crippen molar-refractivity contribution in [2.24, 2.45) is 4.99 Å². The van der Waals surface area contributed by atoms with E-state index in [9.17, 15) is 0 Å². The fourth-order valence-electron chi connectivity index (χ4n) is 2.61. The monoisotopic (exact) mass is 305 g/mol. The van der Waals surface area contributed by atoms with Crippen LogP contribution in [-0.2, 0) is 6.42 Å². The average molecular weight is 305 g/mol. The fraction of sp³-hybridized carbons (Fsp3) is 0.588. The van der Waals surface area contributed by atoms with Crippen LogP contribution in [0.2, 0.25) is 0 Å². The van der Waals surface area contributed by atoms with Gasteiger partial charge in [0.25, 0.3) is 0 Å². The van der Waals surface area contributed by atoms with Gasteiger partial charge in [0.2, 0.25) is 0 Å². The van der Waals surface area contributed by atoms with Crippen molar-refractivity contribution in [2.75, 3.05) is 25.9 Å². The smallest absolute Gasteiger partial charge is 0.191 e. The minimum atomic E-state index is 0.377. The molecule has 1 aliphatic heterocycles. The first-order valence-electron chi connectivity index (χ1n) is 7.84. The van der Waals surface area contributed by atoms with E-state index in [1.54, 1.807) is 0 Å². The number of rotatable bonds is 6. The summed E-state index contributed by atoms with van der Waals surface area (Å²) in [4.78, 5) is 4.31. The van der Waals surface area contributed by atoms with Gasteiger partial charge in [0.1, 0.15) is 0 Å². The lowest BCUT2D eigenvalue weighted by molar-refractivity contribution is 0.583. The SMILES string of the molecule is CN=C(NCCCc1ccccc1)NCC1(C)CCCS1. The Morgan fingerprint density at radius 1 is 1.29 bits per heavy atom. The van der Waals surface area contributed by atoms with Gasteiger partial charge >= 0.3 is 0 Å². The Morgan fingerprint density at radius 3 is 2.76 bits per heavy atom. The highest BCUT2D eigenvalue weighted by Gasteiger charge is 2.29. The molecule has 0 bridgehead atoms. The van der Waals surface area contributed by atoms with E-state index in [-0.39, 0.29) is 0 Å². The van der Waals surface area contributed by atoms with Crippen LogP contribution in [-0.4, -0.2) is 36.6 Å². The fourth-order valence-corrected chi connectivity index (χ4v) is 3.86. The Bertz CT molecular complexity index is 439. The highest BCUT2D eigenvalue weighted by Crippen LogP contribution is 2.36. The molecule has 1 atom stereocenters. The molecule has 0 aliphatic carbocycles. The quantitative estimate of drug-likeness (QED) is 0.482. The summed E-state index contributed by atoms with van der Waals surface area (Å²) in [6.07, 6.45) is 4.87. The van der Waals surface area contributed by atoms with Crippen LogP contribution >= 0.6 is 11.8 Å². The summed E-state index contributed by atoms with van der Waals surface area (Å²) < 4.78 is 0.377. The van der Waals surface area contributed by atoms with Crippen molar-refractivity contribution in [1.82, 2.24) is 10.6 Å². The van der Waals surface area contributed by atoms with E-state index in [0.717, 1.165) is 31.9 Å². The maximum Gasteiger partial charge on any atom is 0.191 e. The normalized spacial score (nSPS) is 22.3. The predicted octanol–water partition coefficient (Wildman–Crippen LogP) is 3.07. The molecule has 0 radical (unpaired) electrons. The molecule has 2 N–H and O–H groups in total. The van der Waals surface area contributed by atoms with Crippen molar-refractivity contribution in [3.05, 3.63) is 35.9 Å². The summed E-state index contributed by atoms with van der Waals surface area (Å²) in [6.45, 7) is 4.30. The molecule has 21 heavy (non-hydrogen) atoms. The Morgan fingerprint density at radius 2 is 2.10 bits per heavy atom. The minimum Gasteiger partial charge on any atom is -0.356 e. The maximum atomic E-state index is 4.31. The van der Waals surface area contributed by atoms with Crippen LogP contribution in [0.25, 0.3) is 0 Å². The van der Waals surface area contributed by atoms with E-state index < -0.39 is 0 Å². The molecule has 3 nitrogen and oxygen atoms in total. The largest absolute Gasteiger partial charge is 0.356 e. The number of aryl methyl sites for hydroxylation is 1. The third-order valence-electron chi connectivity index (χ3n) is 3.93. The zero-order valence-electron chi connectivity index (χ0n) is 13.2. The van der Waals surface area contributed by atoms with Crippen molar-refractivity contribution in [3.63, 3.8) is 0 Å². The summed E-state index contributed by atoms with van der Waals surface area (Å²) in [5.74, 6) is 2.22. The van der Waals surface area contributed by atoms with Gasteiger partial charge in [-0.15, -0.1) is 0 Å². The second-order valence-electron chi connectivity index (χ2n) is 5.84. The molecular weight excluding hydrogens is 278 g/mol. The zero-order chi connectivity index (χ0) is 15.0. The van der Waals surface area contributed by atoms with Crippen molar-refractivity contribution in [1.29, 1.82) is 0 Å². The zero-order valence-corrected chi connectivity index (χ0v) is 14.0. The molecule has 1 aromatic rings. The van der Waals surface area contributed by atoms with Crippen molar-refractivity contribution in [3.8, 4) is 0 Å². The lowest BCUT2D eigenvalue weighted by atomic mass is 10.1. The molecule has 1 heterocycles. The van der Waals surface area contributed by atoms with Crippen LogP contribution in [0.4, 0.5) is 0 Å². The molecular formula is C17H27N3S. The molecule has 0 spiro atoms. The van der Waals surface area contributed by atoms with Gasteiger partial charge in [0.15, 0.2) is 5.96 Å². The molecule has 116 valence electrons. The van der Waals surface area contributed by atoms with Crippen LogP contribution in [0.3, 0.4) is 0 Å². The number of nitrogens with one attached hydrogen (secondary N) is 2. The van der Waals surface area contributed by atoms with Gasteiger partial charge in [-0.3, -0.25) is 4.99 Å². The van der Waals surface area contributed by atoms with Crippen LogP contribution in [0.5, 0.6) is 0 Å². The van der Waals surface area contributed by atoms with Gasteiger partial charge in [-0.1, -0.05) is 30.3 Å². The van der Waals surface area contributed by atoms with Crippen molar-refractivity contribution < 1.29 is 0 Å². The second-order valence-corrected chi connectivity index (χ2v) is 7.53. The Hall–Kier alpha value is -1.16. The second kappa shape index (κ2) is 8.32. The van der Waals surface area contributed by atoms with E-state index in [0.29, 0.717) is 4.75 Å². The number of hydrogen-bond acceptors (Lipinski definition) is 2. The molecule has 2 rings (SSSR count). The summed E-state index contributed by atoms with van der Waals surface area (Å²) in [5.41, 5.74) is 1.40. The van der Waals surface area contributed by atoms with Gasteiger partial charge in [-0.25, -0.2) is 0 Å². The minimum absolute atomic E-state index is 0.377. The molecule has 1 aromatic carbocycles. The van der Waals surface area contributed by atoms with Gasteiger partial charge in [-0.2, -0.15) is 11.8 Å². The van der Waals surface area contributed by atoms with Crippen molar-refractivity contribution in [2.45, 2.75) is 37.4 Å². The molecule has 0 aromatic heterocycles. The summed E-state index contributed by atoms with van der Waals surface area (Å²) in [6, 6.07) is 10.6.